The van der Waals surface area contributed by atoms with Gasteiger partial charge < -0.3 is 10.1 Å². The molecule has 1 aliphatic rings. The van der Waals surface area contributed by atoms with Gasteiger partial charge in [0.05, 0.1) is 31.1 Å². The molecular formula is C15H24FN3O. The quantitative estimate of drug-likeness (QED) is 0.895. The van der Waals surface area contributed by atoms with Crippen LogP contribution >= 0.6 is 0 Å². The van der Waals surface area contributed by atoms with Gasteiger partial charge in [0, 0.05) is 18.6 Å². The van der Waals surface area contributed by atoms with Gasteiger partial charge in [-0.3, -0.25) is 9.88 Å². The number of nitrogens with one attached hydrogen (secondary N) is 1. The van der Waals surface area contributed by atoms with Crippen LogP contribution in [0, 0.1) is 5.82 Å². The van der Waals surface area contributed by atoms with E-state index in [0.29, 0.717) is 0 Å². The first-order valence-electron chi connectivity index (χ1n) is 7.14. The summed E-state index contributed by atoms with van der Waals surface area (Å²) in [4.78, 5) is 6.62. The Morgan fingerprint density at radius 1 is 1.50 bits per heavy atom. The van der Waals surface area contributed by atoms with Crippen LogP contribution < -0.4 is 5.32 Å². The average molecular weight is 281 g/mol. The highest BCUT2D eigenvalue weighted by molar-refractivity contribution is 5.09. The number of ether oxygens (including phenoxy) is 1. The fourth-order valence-electron chi connectivity index (χ4n) is 2.62. The summed E-state index contributed by atoms with van der Waals surface area (Å²) in [5, 5.41) is 3.26. The summed E-state index contributed by atoms with van der Waals surface area (Å²) < 4.78 is 18.5. The molecule has 0 radical (unpaired) electrons. The first-order chi connectivity index (χ1) is 9.53. The lowest BCUT2D eigenvalue weighted by Gasteiger charge is -2.42. The van der Waals surface area contributed by atoms with Gasteiger partial charge in [0.1, 0.15) is 5.82 Å². The van der Waals surface area contributed by atoms with Crippen molar-refractivity contribution in [3.63, 3.8) is 0 Å². The van der Waals surface area contributed by atoms with Gasteiger partial charge in [0.25, 0.3) is 0 Å². The summed E-state index contributed by atoms with van der Waals surface area (Å²) in [6.07, 6.45) is 2.22. The Labute approximate surface area is 120 Å². The van der Waals surface area contributed by atoms with E-state index in [2.05, 4.69) is 29.0 Å². The maximum Gasteiger partial charge on any atom is 0.141 e. The molecule has 2 heterocycles. The molecule has 5 heteroatoms. The van der Waals surface area contributed by atoms with Crippen molar-refractivity contribution in [1.82, 2.24) is 15.2 Å². The van der Waals surface area contributed by atoms with Crippen molar-refractivity contribution in [1.29, 1.82) is 0 Å². The number of nitrogens with zero attached hydrogens (tertiary/aromatic N) is 2. The summed E-state index contributed by atoms with van der Waals surface area (Å²) >= 11 is 0. The van der Waals surface area contributed by atoms with E-state index in [0.717, 1.165) is 38.4 Å². The van der Waals surface area contributed by atoms with Crippen LogP contribution in [-0.4, -0.2) is 48.8 Å². The fourth-order valence-corrected chi connectivity index (χ4v) is 2.62. The minimum absolute atomic E-state index is 0.0762. The molecule has 0 amide bonds. The molecule has 0 bridgehead atoms. The molecule has 2 rings (SSSR count). The van der Waals surface area contributed by atoms with Crippen molar-refractivity contribution in [2.24, 2.45) is 0 Å². The summed E-state index contributed by atoms with van der Waals surface area (Å²) in [7, 11) is 1.92. The standard InChI is InChI=1S/C15H24FN3O/c1-15(2)11-20-9-8-19(15)7-6-13(17-3)14-5-4-12(16)10-18-14/h4-5,10,13,17H,6-9,11H2,1-3H3. The molecule has 1 aliphatic heterocycles. The molecule has 1 atom stereocenters. The van der Waals surface area contributed by atoms with E-state index in [1.54, 1.807) is 6.07 Å². The monoisotopic (exact) mass is 281 g/mol. The highest BCUT2D eigenvalue weighted by Crippen LogP contribution is 2.22. The Balaban J connectivity index is 1.95. The van der Waals surface area contributed by atoms with E-state index in [-0.39, 0.29) is 17.4 Å². The molecule has 112 valence electrons. The number of pyridine rings is 1. The minimum atomic E-state index is -0.294. The van der Waals surface area contributed by atoms with E-state index in [1.165, 1.54) is 12.3 Å². The summed E-state index contributed by atoms with van der Waals surface area (Å²) in [5.74, 6) is -0.294. The molecule has 0 aliphatic carbocycles. The molecule has 0 spiro atoms. The molecule has 0 aromatic carbocycles. The van der Waals surface area contributed by atoms with E-state index in [4.69, 9.17) is 4.74 Å². The lowest BCUT2D eigenvalue weighted by Crippen LogP contribution is -2.53. The Morgan fingerprint density at radius 3 is 2.90 bits per heavy atom. The Hall–Kier alpha value is -1.04. The lowest BCUT2D eigenvalue weighted by molar-refractivity contribution is -0.0521. The third-order valence-corrected chi connectivity index (χ3v) is 3.96. The van der Waals surface area contributed by atoms with Crippen molar-refractivity contribution in [2.45, 2.75) is 31.8 Å². The van der Waals surface area contributed by atoms with Crippen LogP contribution in [0.2, 0.25) is 0 Å². The van der Waals surface area contributed by atoms with Gasteiger partial charge in [-0.15, -0.1) is 0 Å². The molecule has 1 fully saturated rings. The molecule has 20 heavy (non-hydrogen) atoms. The predicted octanol–water partition coefficient (Wildman–Crippen LogP) is 1.98. The van der Waals surface area contributed by atoms with E-state index < -0.39 is 0 Å². The third kappa shape index (κ3) is 3.75. The van der Waals surface area contributed by atoms with Crippen LogP contribution in [0.15, 0.2) is 18.3 Å². The van der Waals surface area contributed by atoms with E-state index in [9.17, 15) is 4.39 Å². The van der Waals surface area contributed by atoms with Gasteiger partial charge in [0.15, 0.2) is 0 Å². The average Bonchev–Trinajstić information content (AvgIpc) is 2.42. The molecule has 0 saturated carbocycles. The Kier molecular flexibility index (Phi) is 5.07. The molecule has 1 aromatic rings. The molecule has 4 nitrogen and oxygen atoms in total. The fraction of sp³-hybridized carbons (Fsp3) is 0.667. The van der Waals surface area contributed by atoms with E-state index >= 15 is 0 Å². The van der Waals surface area contributed by atoms with Crippen LogP contribution in [0.1, 0.15) is 32.0 Å². The van der Waals surface area contributed by atoms with Gasteiger partial charge in [-0.25, -0.2) is 4.39 Å². The second kappa shape index (κ2) is 6.61. The SMILES string of the molecule is CNC(CCN1CCOCC1(C)C)c1ccc(F)cn1. The summed E-state index contributed by atoms with van der Waals surface area (Å²) in [6, 6.07) is 3.36. The zero-order valence-electron chi connectivity index (χ0n) is 12.5. The Morgan fingerprint density at radius 2 is 2.30 bits per heavy atom. The minimum Gasteiger partial charge on any atom is -0.378 e. The zero-order valence-corrected chi connectivity index (χ0v) is 12.5. The highest BCUT2D eigenvalue weighted by atomic mass is 19.1. The molecule has 1 unspecified atom stereocenters. The Bertz CT molecular complexity index is 422. The summed E-state index contributed by atoms with van der Waals surface area (Å²) in [6.45, 7) is 7.91. The molecule has 1 saturated heterocycles. The van der Waals surface area contributed by atoms with Crippen molar-refractivity contribution < 1.29 is 9.13 Å². The first kappa shape index (κ1) is 15.4. The largest absolute Gasteiger partial charge is 0.378 e. The zero-order chi connectivity index (χ0) is 14.6. The second-order valence-electron chi connectivity index (χ2n) is 5.88. The van der Waals surface area contributed by atoms with Crippen molar-refractivity contribution in [3.05, 3.63) is 29.8 Å². The number of hydrogen-bond donors (Lipinski definition) is 1. The van der Waals surface area contributed by atoms with Gasteiger partial charge in [-0.05, 0) is 39.4 Å². The maximum absolute atomic E-state index is 12.9. The van der Waals surface area contributed by atoms with Gasteiger partial charge >= 0.3 is 0 Å². The topological polar surface area (TPSA) is 37.4 Å². The number of morpholine rings is 1. The van der Waals surface area contributed by atoms with Gasteiger partial charge in [-0.2, -0.15) is 0 Å². The second-order valence-corrected chi connectivity index (χ2v) is 5.88. The summed E-state index contributed by atoms with van der Waals surface area (Å²) in [5.41, 5.74) is 0.965. The molecule has 1 N–H and O–H groups in total. The smallest absolute Gasteiger partial charge is 0.141 e. The van der Waals surface area contributed by atoms with Crippen LogP contribution in [0.3, 0.4) is 0 Å². The lowest BCUT2D eigenvalue weighted by atomic mass is 10.0. The van der Waals surface area contributed by atoms with Crippen molar-refractivity contribution in [2.75, 3.05) is 33.4 Å². The normalized spacial score (nSPS) is 20.8. The number of halogens is 1. The van der Waals surface area contributed by atoms with Crippen LogP contribution in [0.5, 0.6) is 0 Å². The van der Waals surface area contributed by atoms with Gasteiger partial charge in [0.2, 0.25) is 0 Å². The predicted molar refractivity (Wildman–Crippen MR) is 77.1 cm³/mol. The van der Waals surface area contributed by atoms with Crippen LogP contribution in [0.4, 0.5) is 4.39 Å². The van der Waals surface area contributed by atoms with Crippen molar-refractivity contribution >= 4 is 0 Å². The van der Waals surface area contributed by atoms with Crippen molar-refractivity contribution in [3.8, 4) is 0 Å². The first-order valence-corrected chi connectivity index (χ1v) is 7.14. The molecular weight excluding hydrogens is 257 g/mol. The van der Waals surface area contributed by atoms with Crippen LogP contribution in [-0.2, 0) is 4.74 Å². The number of hydrogen-bond acceptors (Lipinski definition) is 4. The third-order valence-electron chi connectivity index (χ3n) is 3.96. The van der Waals surface area contributed by atoms with Crippen LogP contribution in [0.25, 0.3) is 0 Å². The van der Waals surface area contributed by atoms with E-state index in [1.807, 2.05) is 7.05 Å². The maximum atomic E-state index is 12.9. The van der Waals surface area contributed by atoms with Gasteiger partial charge in [-0.1, -0.05) is 0 Å². The number of rotatable bonds is 5. The molecule has 1 aromatic heterocycles. The number of aromatic nitrogens is 1. The highest BCUT2D eigenvalue weighted by Gasteiger charge is 2.30.